The third-order valence-corrected chi connectivity index (χ3v) is 3.10. The van der Waals surface area contributed by atoms with Gasteiger partial charge in [0.2, 0.25) is 0 Å². The molecule has 0 unspecified atom stereocenters. The van der Waals surface area contributed by atoms with Crippen molar-refractivity contribution in [3.05, 3.63) is 28.3 Å². The number of nitrogens with two attached hydrogens (primary N) is 1. The number of anilines is 2. The Labute approximate surface area is 125 Å². The van der Waals surface area contributed by atoms with Gasteiger partial charge in [0.05, 0.1) is 4.92 Å². The monoisotopic (exact) mass is 295 g/mol. The minimum atomic E-state index is -0.381. The predicted octanol–water partition coefficient (Wildman–Crippen LogP) is 1.90. The lowest BCUT2D eigenvalue weighted by molar-refractivity contribution is -0.383. The third-order valence-electron chi connectivity index (χ3n) is 3.10. The van der Waals surface area contributed by atoms with Crippen molar-refractivity contribution in [2.24, 2.45) is 11.8 Å². The fourth-order valence-electron chi connectivity index (χ4n) is 2.17. The summed E-state index contributed by atoms with van der Waals surface area (Å²) in [7, 11) is 3.97. The molecule has 1 aromatic carbocycles. The van der Waals surface area contributed by atoms with Crippen molar-refractivity contribution in [2.75, 3.05) is 44.1 Å². The van der Waals surface area contributed by atoms with Crippen LogP contribution in [-0.2, 0) is 0 Å². The van der Waals surface area contributed by atoms with Crippen molar-refractivity contribution in [3.63, 3.8) is 0 Å². The Morgan fingerprint density at radius 1 is 1.33 bits per heavy atom. The molecule has 118 valence electrons. The fourth-order valence-corrected chi connectivity index (χ4v) is 2.17. The van der Waals surface area contributed by atoms with Gasteiger partial charge < -0.3 is 15.2 Å². The maximum Gasteiger partial charge on any atom is 0.316 e. The summed E-state index contributed by atoms with van der Waals surface area (Å²) in [4.78, 5) is 15.1. The number of nitro benzene ring substituents is 1. The number of hydrogen-bond donors (Lipinski definition) is 2. The lowest BCUT2D eigenvalue weighted by Crippen LogP contribution is -2.35. The molecule has 21 heavy (non-hydrogen) atoms. The second-order valence-corrected chi connectivity index (χ2v) is 5.72. The van der Waals surface area contributed by atoms with E-state index in [0.29, 0.717) is 17.3 Å². The van der Waals surface area contributed by atoms with Crippen LogP contribution in [0.5, 0.6) is 0 Å². The van der Waals surface area contributed by atoms with Gasteiger partial charge in [-0.05, 0) is 32.1 Å². The lowest BCUT2D eigenvalue weighted by atomic mass is 10.1. The van der Waals surface area contributed by atoms with Gasteiger partial charge in [-0.2, -0.15) is 0 Å². The molecule has 1 rings (SSSR count). The molecule has 0 amide bonds. The minimum absolute atomic E-state index is 0.0272. The fraction of sp³-hybridized carbons (Fsp3) is 0.571. The van der Waals surface area contributed by atoms with Crippen molar-refractivity contribution < 1.29 is 4.92 Å². The van der Waals surface area contributed by atoms with E-state index in [-0.39, 0.29) is 10.6 Å². The standard InChI is InChI=1S/C14H25N5O2/c1-11(2)10-18(9-8-17(3)4)13-7-5-6-12(16-15)14(13)19(20)21/h5-7,11,16H,8-10,15H2,1-4H3. The van der Waals surface area contributed by atoms with Gasteiger partial charge in [0.25, 0.3) is 0 Å². The maximum atomic E-state index is 11.4. The van der Waals surface area contributed by atoms with Gasteiger partial charge in [-0.1, -0.05) is 19.9 Å². The van der Waals surface area contributed by atoms with Gasteiger partial charge in [0.1, 0.15) is 11.4 Å². The van der Waals surface area contributed by atoms with E-state index >= 15 is 0 Å². The lowest BCUT2D eigenvalue weighted by Gasteiger charge is -2.28. The molecule has 0 heterocycles. The molecular formula is C14H25N5O2. The summed E-state index contributed by atoms with van der Waals surface area (Å²) in [6, 6.07) is 5.17. The van der Waals surface area contributed by atoms with E-state index in [1.165, 1.54) is 0 Å². The first-order valence-corrected chi connectivity index (χ1v) is 7.00. The summed E-state index contributed by atoms with van der Waals surface area (Å²) < 4.78 is 0. The molecule has 0 saturated carbocycles. The Morgan fingerprint density at radius 2 is 2.00 bits per heavy atom. The largest absolute Gasteiger partial charge is 0.364 e. The number of rotatable bonds is 8. The molecule has 0 radical (unpaired) electrons. The number of benzene rings is 1. The van der Waals surface area contributed by atoms with E-state index < -0.39 is 0 Å². The molecule has 7 heteroatoms. The number of nitrogen functional groups attached to an aromatic ring is 1. The van der Waals surface area contributed by atoms with Crippen LogP contribution in [0.1, 0.15) is 13.8 Å². The highest BCUT2D eigenvalue weighted by Gasteiger charge is 2.24. The SMILES string of the molecule is CC(C)CN(CCN(C)C)c1cccc(NN)c1[N+](=O)[O-]. The minimum Gasteiger partial charge on any atom is -0.364 e. The highest BCUT2D eigenvalue weighted by molar-refractivity contribution is 5.76. The third kappa shape index (κ3) is 4.87. The van der Waals surface area contributed by atoms with Crippen LogP contribution in [0.2, 0.25) is 0 Å². The Hall–Kier alpha value is -1.86. The molecule has 0 aromatic heterocycles. The summed E-state index contributed by atoms with van der Waals surface area (Å²) in [5.74, 6) is 5.80. The van der Waals surface area contributed by atoms with Crippen molar-refractivity contribution >= 4 is 17.1 Å². The molecule has 0 aliphatic rings. The summed E-state index contributed by atoms with van der Waals surface area (Å²) in [5.41, 5.74) is 3.37. The average Bonchev–Trinajstić information content (AvgIpc) is 2.41. The van der Waals surface area contributed by atoms with Crippen LogP contribution >= 0.6 is 0 Å². The molecule has 0 bridgehead atoms. The van der Waals surface area contributed by atoms with Crippen molar-refractivity contribution in [1.29, 1.82) is 0 Å². The van der Waals surface area contributed by atoms with E-state index in [9.17, 15) is 10.1 Å². The van der Waals surface area contributed by atoms with Gasteiger partial charge in [-0.15, -0.1) is 0 Å². The Kier molecular flexibility index (Phi) is 6.39. The molecule has 0 saturated heterocycles. The topological polar surface area (TPSA) is 87.7 Å². The zero-order chi connectivity index (χ0) is 16.0. The van der Waals surface area contributed by atoms with Crippen LogP contribution in [-0.4, -0.2) is 43.6 Å². The molecule has 0 aliphatic carbocycles. The predicted molar refractivity (Wildman–Crippen MR) is 86.5 cm³/mol. The molecule has 0 aliphatic heterocycles. The number of nitrogens with one attached hydrogen (secondary N) is 1. The number of para-hydroxylation sites is 1. The molecule has 0 fully saturated rings. The molecule has 0 spiro atoms. The van der Waals surface area contributed by atoms with E-state index in [4.69, 9.17) is 5.84 Å². The number of nitrogens with zero attached hydrogens (tertiary/aromatic N) is 3. The Balaban J connectivity index is 3.19. The normalized spacial score (nSPS) is 11.0. The Morgan fingerprint density at radius 3 is 2.48 bits per heavy atom. The Bertz CT molecular complexity index is 476. The van der Waals surface area contributed by atoms with Crippen LogP contribution in [0.3, 0.4) is 0 Å². The van der Waals surface area contributed by atoms with Crippen molar-refractivity contribution in [3.8, 4) is 0 Å². The molecule has 0 atom stereocenters. The van der Waals surface area contributed by atoms with Crippen LogP contribution in [0, 0.1) is 16.0 Å². The summed E-state index contributed by atoms with van der Waals surface area (Å²) in [6.45, 7) is 6.49. The van der Waals surface area contributed by atoms with Crippen LogP contribution in [0.25, 0.3) is 0 Å². The smallest absolute Gasteiger partial charge is 0.316 e. The first kappa shape index (κ1) is 17.2. The second-order valence-electron chi connectivity index (χ2n) is 5.72. The molecule has 3 N–H and O–H groups in total. The van der Waals surface area contributed by atoms with E-state index in [2.05, 4.69) is 24.2 Å². The number of hydrazine groups is 1. The number of hydrogen-bond acceptors (Lipinski definition) is 6. The molecule has 1 aromatic rings. The summed E-state index contributed by atoms with van der Waals surface area (Å²) in [5, 5.41) is 11.4. The highest BCUT2D eigenvalue weighted by atomic mass is 16.6. The van der Waals surface area contributed by atoms with E-state index in [1.54, 1.807) is 18.2 Å². The zero-order valence-electron chi connectivity index (χ0n) is 13.2. The highest BCUT2D eigenvalue weighted by Crippen LogP contribution is 2.35. The van der Waals surface area contributed by atoms with Crippen molar-refractivity contribution in [1.82, 2.24) is 4.90 Å². The zero-order valence-corrected chi connectivity index (χ0v) is 13.2. The van der Waals surface area contributed by atoms with Gasteiger partial charge in [-0.25, -0.2) is 0 Å². The average molecular weight is 295 g/mol. The maximum absolute atomic E-state index is 11.4. The number of likely N-dealkylation sites (N-methyl/N-ethyl adjacent to an activating group) is 1. The van der Waals surface area contributed by atoms with Gasteiger partial charge in [0, 0.05) is 19.6 Å². The molecular weight excluding hydrogens is 270 g/mol. The van der Waals surface area contributed by atoms with Crippen LogP contribution in [0.4, 0.5) is 17.1 Å². The van der Waals surface area contributed by atoms with E-state index in [1.807, 2.05) is 19.0 Å². The first-order valence-electron chi connectivity index (χ1n) is 7.00. The van der Waals surface area contributed by atoms with Crippen LogP contribution < -0.4 is 16.2 Å². The molecule has 7 nitrogen and oxygen atoms in total. The second kappa shape index (κ2) is 7.80. The van der Waals surface area contributed by atoms with Crippen molar-refractivity contribution in [2.45, 2.75) is 13.8 Å². The van der Waals surface area contributed by atoms with Crippen LogP contribution in [0.15, 0.2) is 18.2 Å². The van der Waals surface area contributed by atoms with Gasteiger partial charge in [-0.3, -0.25) is 16.0 Å². The van der Waals surface area contributed by atoms with Gasteiger partial charge >= 0.3 is 5.69 Å². The first-order chi connectivity index (χ1) is 9.86. The van der Waals surface area contributed by atoms with E-state index in [0.717, 1.165) is 19.6 Å². The summed E-state index contributed by atoms with van der Waals surface area (Å²) in [6.07, 6.45) is 0. The summed E-state index contributed by atoms with van der Waals surface area (Å²) >= 11 is 0. The quantitative estimate of drug-likeness (QED) is 0.433. The number of nitro groups is 1. The van der Waals surface area contributed by atoms with Gasteiger partial charge in [0.15, 0.2) is 0 Å².